The molecule has 2 amide bonds. The molecule has 4 heterocycles. The summed E-state index contributed by atoms with van der Waals surface area (Å²) in [5.41, 5.74) is 1.72. The summed E-state index contributed by atoms with van der Waals surface area (Å²) in [6.45, 7) is 7.36. The molecular formula is C20H28ClN5O3. The molecule has 158 valence electrons. The molecule has 2 atom stereocenters. The second-order valence-corrected chi connectivity index (χ2v) is 7.76. The number of carbonyl (C=O) groups is 2. The van der Waals surface area contributed by atoms with E-state index in [1.54, 1.807) is 10.7 Å². The molecule has 2 aromatic heterocycles. The maximum Gasteiger partial charge on any atom is 0.257 e. The minimum Gasteiger partial charge on any atom is -0.466 e. The molecule has 0 aromatic carbocycles. The number of nitrogens with zero attached hydrogens (tertiary/aromatic N) is 4. The maximum atomic E-state index is 13.1. The first-order chi connectivity index (χ1) is 13.4. The van der Waals surface area contributed by atoms with E-state index in [2.05, 4.69) is 10.4 Å². The SMILES string of the molecule is Cc1cc(C(=O)N2CCN(C(=O)[C@H]3CNC[C@@H]3c3cnn(C)c3)CC2)c(C)o1.Cl. The fourth-order valence-corrected chi connectivity index (χ4v) is 4.30. The minimum absolute atomic E-state index is 0. The predicted molar refractivity (Wildman–Crippen MR) is 110 cm³/mol. The van der Waals surface area contributed by atoms with Crippen LogP contribution in [0.15, 0.2) is 22.9 Å². The number of carbonyl (C=O) groups excluding carboxylic acids is 2. The summed E-state index contributed by atoms with van der Waals surface area (Å²) in [6.07, 6.45) is 3.84. The van der Waals surface area contributed by atoms with Crippen LogP contribution in [0.3, 0.4) is 0 Å². The molecule has 8 nitrogen and oxygen atoms in total. The van der Waals surface area contributed by atoms with Gasteiger partial charge in [0.15, 0.2) is 0 Å². The number of hydrogen-bond donors (Lipinski definition) is 1. The summed E-state index contributed by atoms with van der Waals surface area (Å²) in [6, 6.07) is 1.79. The van der Waals surface area contributed by atoms with Crippen LogP contribution in [0, 0.1) is 19.8 Å². The quantitative estimate of drug-likeness (QED) is 0.808. The highest BCUT2D eigenvalue weighted by Gasteiger charge is 2.38. The van der Waals surface area contributed by atoms with Crippen LogP contribution < -0.4 is 5.32 Å². The zero-order valence-electron chi connectivity index (χ0n) is 17.1. The predicted octanol–water partition coefficient (Wildman–Crippen LogP) is 1.34. The number of amides is 2. The first kappa shape index (κ1) is 21.4. The highest BCUT2D eigenvalue weighted by Crippen LogP contribution is 2.29. The molecule has 4 rings (SSSR count). The van der Waals surface area contributed by atoms with Crippen LogP contribution in [0.1, 0.15) is 33.4 Å². The molecule has 0 spiro atoms. The molecule has 0 saturated carbocycles. The Morgan fingerprint density at radius 1 is 1.14 bits per heavy atom. The lowest BCUT2D eigenvalue weighted by molar-refractivity contribution is -0.136. The van der Waals surface area contributed by atoms with E-state index in [1.165, 1.54) is 0 Å². The van der Waals surface area contributed by atoms with Gasteiger partial charge in [-0.05, 0) is 25.5 Å². The number of aryl methyl sites for hydroxylation is 3. The average molecular weight is 422 g/mol. The van der Waals surface area contributed by atoms with Crippen molar-refractivity contribution in [1.29, 1.82) is 0 Å². The van der Waals surface area contributed by atoms with E-state index < -0.39 is 0 Å². The smallest absolute Gasteiger partial charge is 0.257 e. The summed E-state index contributed by atoms with van der Waals surface area (Å²) in [5, 5.41) is 7.59. The van der Waals surface area contributed by atoms with Gasteiger partial charge in [-0.2, -0.15) is 5.10 Å². The second-order valence-electron chi connectivity index (χ2n) is 7.76. The molecule has 0 aliphatic carbocycles. The third kappa shape index (κ3) is 4.18. The van der Waals surface area contributed by atoms with Gasteiger partial charge in [0.1, 0.15) is 11.5 Å². The number of hydrogen-bond acceptors (Lipinski definition) is 5. The Bertz CT molecular complexity index is 885. The largest absolute Gasteiger partial charge is 0.466 e. The first-order valence-corrected chi connectivity index (χ1v) is 9.78. The van der Waals surface area contributed by atoms with Crippen molar-refractivity contribution in [2.45, 2.75) is 19.8 Å². The molecule has 2 aromatic rings. The highest BCUT2D eigenvalue weighted by atomic mass is 35.5. The summed E-state index contributed by atoms with van der Waals surface area (Å²) in [5.74, 6) is 1.61. The van der Waals surface area contributed by atoms with Crippen molar-refractivity contribution in [3.05, 3.63) is 41.1 Å². The van der Waals surface area contributed by atoms with E-state index in [-0.39, 0.29) is 36.1 Å². The van der Waals surface area contributed by atoms with Crippen LogP contribution in [-0.4, -0.2) is 70.7 Å². The number of furan rings is 1. The fourth-order valence-electron chi connectivity index (χ4n) is 4.30. The van der Waals surface area contributed by atoms with E-state index in [1.807, 2.05) is 43.1 Å². The second kappa shape index (κ2) is 8.59. The summed E-state index contributed by atoms with van der Waals surface area (Å²) < 4.78 is 7.26. The molecule has 2 aliphatic heterocycles. The van der Waals surface area contributed by atoms with Crippen molar-refractivity contribution in [3.63, 3.8) is 0 Å². The number of halogens is 1. The minimum atomic E-state index is -0.0785. The Balaban J connectivity index is 0.00000240. The standard InChI is InChI=1S/C20H27N5O3.ClH/c1-13-8-16(14(2)28-13)19(26)24-4-6-25(7-5-24)20(27)18-11-21-10-17(18)15-9-22-23(3)12-15;/h8-9,12,17-18,21H,4-7,10-11H2,1-3H3;1H/t17-,18+;/m1./s1. The van der Waals surface area contributed by atoms with E-state index in [0.29, 0.717) is 44.0 Å². The Labute approximate surface area is 176 Å². The number of piperazine rings is 1. The van der Waals surface area contributed by atoms with Crippen molar-refractivity contribution in [1.82, 2.24) is 24.9 Å². The molecule has 9 heteroatoms. The summed E-state index contributed by atoms with van der Waals surface area (Å²) in [4.78, 5) is 29.6. The van der Waals surface area contributed by atoms with E-state index in [0.717, 1.165) is 17.9 Å². The normalized spacial score (nSPS) is 21.9. The van der Waals surface area contributed by atoms with Gasteiger partial charge in [0.05, 0.1) is 17.7 Å². The molecule has 2 saturated heterocycles. The first-order valence-electron chi connectivity index (χ1n) is 9.78. The Morgan fingerprint density at radius 2 is 1.83 bits per heavy atom. The fraction of sp³-hybridized carbons (Fsp3) is 0.550. The van der Waals surface area contributed by atoms with Crippen LogP contribution >= 0.6 is 12.4 Å². The van der Waals surface area contributed by atoms with Crippen molar-refractivity contribution < 1.29 is 14.0 Å². The van der Waals surface area contributed by atoms with Crippen LogP contribution in [0.2, 0.25) is 0 Å². The topological polar surface area (TPSA) is 83.6 Å². The lowest BCUT2D eigenvalue weighted by atomic mass is 9.89. The number of aromatic nitrogens is 2. The van der Waals surface area contributed by atoms with Gasteiger partial charge >= 0.3 is 0 Å². The van der Waals surface area contributed by atoms with Gasteiger partial charge in [-0.15, -0.1) is 12.4 Å². The van der Waals surface area contributed by atoms with Gasteiger partial charge < -0.3 is 19.5 Å². The number of rotatable bonds is 3. The van der Waals surface area contributed by atoms with E-state index in [4.69, 9.17) is 4.42 Å². The molecule has 2 fully saturated rings. The van der Waals surface area contributed by atoms with Gasteiger partial charge in [-0.25, -0.2) is 0 Å². The van der Waals surface area contributed by atoms with Crippen LogP contribution in [-0.2, 0) is 11.8 Å². The van der Waals surface area contributed by atoms with Gasteiger partial charge in [0.25, 0.3) is 5.91 Å². The third-order valence-electron chi connectivity index (χ3n) is 5.83. The zero-order valence-corrected chi connectivity index (χ0v) is 17.9. The van der Waals surface area contributed by atoms with Crippen molar-refractivity contribution in [2.24, 2.45) is 13.0 Å². The molecule has 0 bridgehead atoms. The van der Waals surface area contributed by atoms with E-state index in [9.17, 15) is 9.59 Å². The van der Waals surface area contributed by atoms with Gasteiger partial charge in [0.2, 0.25) is 5.91 Å². The Morgan fingerprint density at radius 3 is 2.41 bits per heavy atom. The van der Waals surface area contributed by atoms with Crippen molar-refractivity contribution >= 4 is 24.2 Å². The van der Waals surface area contributed by atoms with E-state index >= 15 is 0 Å². The molecule has 2 aliphatic rings. The van der Waals surface area contributed by atoms with Crippen LogP contribution in [0.4, 0.5) is 0 Å². The molecule has 0 unspecified atom stereocenters. The third-order valence-corrected chi connectivity index (χ3v) is 5.83. The monoisotopic (exact) mass is 421 g/mol. The Kier molecular flexibility index (Phi) is 6.33. The summed E-state index contributed by atoms with van der Waals surface area (Å²) >= 11 is 0. The van der Waals surface area contributed by atoms with Crippen LogP contribution in [0.5, 0.6) is 0 Å². The number of nitrogens with one attached hydrogen (secondary N) is 1. The lowest BCUT2D eigenvalue weighted by Crippen LogP contribution is -2.52. The molecule has 29 heavy (non-hydrogen) atoms. The van der Waals surface area contributed by atoms with Gasteiger partial charge in [-0.3, -0.25) is 14.3 Å². The molecular weight excluding hydrogens is 394 g/mol. The summed E-state index contributed by atoms with van der Waals surface area (Å²) in [7, 11) is 1.89. The lowest BCUT2D eigenvalue weighted by Gasteiger charge is -2.36. The molecule has 1 N–H and O–H groups in total. The average Bonchev–Trinajstić information content (AvgIpc) is 3.40. The Hall–Kier alpha value is -2.32. The van der Waals surface area contributed by atoms with Crippen LogP contribution in [0.25, 0.3) is 0 Å². The van der Waals surface area contributed by atoms with Gasteiger partial charge in [-0.1, -0.05) is 0 Å². The highest BCUT2D eigenvalue weighted by molar-refractivity contribution is 5.95. The van der Waals surface area contributed by atoms with Crippen molar-refractivity contribution in [2.75, 3.05) is 39.3 Å². The van der Waals surface area contributed by atoms with Gasteiger partial charge in [0, 0.05) is 58.4 Å². The zero-order chi connectivity index (χ0) is 19.8. The van der Waals surface area contributed by atoms with Crippen molar-refractivity contribution in [3.8, 4) is 0 Å². The maximum absolute atomic E-state index is 13.1. The molecule has 0 radical (unpaired) electrons.